The Hall–Kier alpha value is -1.02. The van der Waals surface area contributed by atoms with Gasteiger partial charge >= 0.3 is 0 Å². The van der Waals surface area contributed by atoms with Gasteiger partial charge in [0, 0.05) is 18.2 Å². The van der Waals surface area contributed by atoms with Crippen LogP contribution in [0.15, 0.2) is 23.1 Å². The molecule has 0 unspecified atom stereocenters. The molecule has 1 aliphatic carbocycles. The van der Waals surface area contributed by atoms with Crippen LogP contribution >= 0.6 is 12.2 Å². The second kappa shape index (κ2) is 5.77. The first-order valence-corrected chi connectivity index (χ1v) is 8.26. The van der Waals surface area contributed by atoms with Gasteiger partial charge < -0.3 is 10.8 Å². The molecule has 0 heterocycles. The zero-order chi connectivity index (χ0) is 14.9. The van der Waals surface area contributed by atoms with Gasteiger partial charge in [0.05, 0.1) is 11.5 Å². The van der Waals surface area contributed by atoms with E-state index in [4.69, 9.17) is 23.1 Å². The van der Waals surface area contributed by atoms with E-state index in [0.717, 1.165) is 12.8 Å². The molecule has 20 heavy (non-hydrogen) atoms. The smallest absolute Gasteiger partial charge is 0.243 e. The van der Waals surface area contributed by atoms with E-state index < -0.39 is 10.0 Å². The summed E-state index contributed by atoms with van der Waals surface area (Å²) in [5.74, 6) is 0. The summed E-state index contributed by atoms with van der Waals surface area (Å²) in [7, 11) is -3.63. The van der Waals surface area contributed by atoms with Crippen LogP contribution < -0.4 is 5.73 Å². The zero-order valence-corrected chi connectivity index (χ0v) is 12.9. The molecular formula is C13H18N2O3S2. The highest BCUT2D eigenvalue weighted by Gasteiger charge is 2.38. The molecule has 1 aliphatic rings. The van der Waals surface area contributed by atoms with Gasteiger partial charge in [0.25, 0.3) is 0 Å². The number of aryl methyl sites for hydroxylation is 1. The fraction of sp³-hybridized carbons (Fsp3) is 0.462. The van der Waals surface area contributed by atoms with Crippen molar-refractivity contribution in [3.8, 4) is 0 Å². The Morgan fingerprint density at radius 1 is 1.50 bits per heavy atom. The molecule has 5 nitrogen and oxygen atoms in total. The lowest BCUT2D eigenvalue weighted by Crippen LogP contribution is -2.36. The molecule has 0 radical (unpaired) electrons. The van der Waals surface area contributed by atoms with Crippen molar-refractivity contribution in [2.45, 2.75) is 30.7 Å². The van der Waals surface area contributed by atoms with E-state index in [1.54, 1.807) is 19.1 Å². The molecule has 110 valence electrons. The van der Waals surface area contributed by atoms with Gasteiger partial charge in [0.2, 0.25) is 10.0 Å². The molecule has 3 N–H and O–H groups in total. The summed E-state index contributed by atoms with van der Waals surface area (Å²) in [6, 6.07) is 4.93. The van der Waals surface area contributed by atoms with Crippen LogP contribution in [0.1, 0.15) is 24.0 Å². The van der Waals surface area contributed by atoms with Crippen LogP contribution in [0.25, 0.3) is 0 Å². The fourth-order valence-electron chi connectivity index (χ4n) is 2.12. The number of hydrogen-bond acceptors (Lipinski definition) is 4. The SMILES string of the molecule is Cc1ccc(C(N)=S)cc1S(=O)(=O)N(CCO)C1CC1. The topological polar surface area (TPSA) is 83.6 Å². The van der Waals surface area contributed by atoms with Gasteiger partial charge in [-0.15, -0.1) is 0 Å². The number of aliphatic hydroxyl groups excluding tert-OH is 1. The Morgan fingerprint density at radius 2 is 2.15 bits per heavy atom. The number of aliphatic hydroxyl groups is 1. The third-order valence-corrected chi connectivity index (χ3v) is 5.66. The first-order chi connectivity index (χ1) is 9.37. The molecule has 0 saturated heterocycles. The van der Waals surface area contributed by atoms with Crippen molar-refractivity contribution in [2.75, 3.05) is 13.2 Å². The third kappa shape index (κ3) is 3.01. The number of rotatable bonds is 6. The van der Waals surface area contributed by atoms with Gasteiger partial charge in [-0.05, 0) is 31.4 Å². The molecule has 2 rings (SSSR count). The monoisotopic (exact) mass is 314 g/mol. The molecule has 1 saturated carbocycles. The quantitative estimate of drug-likeness (QED) is 0.758. The Kier molecular flexibility index (Phi) is 4.43. The maximum Gasteiger partial charge on any atom is 0.243 e. The van der Waals surface area contributed by atoms with E-state index in [9.17, 15) is 8.42 Å². The Balaban J connectivity index is 2.47. The number of hydrogen-bond donors (Lipinski definition) is 2. The van der Waals surface area contributed by atoms with Crippen molar-refractivity contribution < 1.29 is 13.5 Å². The predicted octanol–water partition coefficient (Wildman–Crippen LogP) is 0.775. The zero-order valence-electron chi connectivity index (χ0n) is 11.2. The molecule has 0 amide bonds. The largest absolute Gasteiger partial charge is 0.395 e. The lowest BCUT2D eigenvalue weighted by Gasteiger charge is -2.22. The van der Waals surface area contributed by atoms with Crippen LogP contribution in [0.2, 0.25) is 0 Å². The average molecular weight is 314 g/mol. The van der Waals surface area contributed by atoms with Crippen LogP contribution in [-0.2, 0) is 10.0 Å². The van der Waals surface area contributed by atoms with E-state index >= 15 is 0 Å². The predicted molar refractivity (Wildman–Crippen MR) is 81.1 cm³/mol. The number of nitrogens with zero attached hydrogens (tertiary/aromatic N) is 1. The summed E-state index contributed by atoms with van der Waals surface area (Å²) in [6.45, 7) is 1.66. The van der Waals surface area contributed by atoms with Gasteiger partial charge in [-0.1, -0.05) is 24.4 Å². The summed E-state index contributed by atoms with van der Waals surface area (Å²) >= 11 is 4.90. The van der Waals surface area contributed by atoms with Crippen LogP contribution in [-0.4, -0.2) is 42.0 Å². The summed E-state index contributed by atoms with van der Waals surface area (Å²) in [6.07, 6.45) is 1.68. The number of sulfonamides is 1. The minimum Gasteiger partial charge on any atom is -0.395 e. The standard InChI is InChI=1S/C13H18N2O3S2/c1-9-2-3-10(13(14)19)8-12(9)20(17,18)15(6-7-16)11-4-5-11/h2-3,8,11,16H,4-7H2,1H3,(H2,14,19). The van der Waals surface area contributed by atoms with E-state index in [1.807, 2.05) is 0 Å². The van der Waals surface area contributed by atoms with Crippen molar-refractivity contribution in [3.05, 3.63) is 29.3 Å². The first kappa shape index (κ1) is 15.4. The molecule has 0 spiro atoms. The van der Waals surface area contributed by atoms with Crippen LogP contribution in [0, 0.1) is 6.92 Å². The van der Waals surface area contributed by atoms with E-state index in [1.165, 1.54) is 10.4 Å². The summed E-state index contributed by atoms with van der Waals surface area (Å²) in [5.41, 5.74) is 6.74. The Labute approximate surface area is 124 Å². The van der Waals surface area contributed by atoms with Gasteiger partial charge in [0.15, 0.2) is 0 Å². The molecular weight excluding hydrogens is 296 g/mol. The maximum atomic E-state index is 12.7. The van der Waals surface area contributed by atoms with Gasteiger partial charge in [0.1, 0.15) is 4.99 Å². The van der Waals surface area contributed by atoms with E-state index in [0.29, 0.717) is 11.1 Å². The molecule has 1 aromatic carbocycles. The fourth-order valence-corrected chi connectivity index (χ4v) is 4.17. The number of benzene rings is 1. The lowest BCUT2D eigenvalue weighted by molar-refractivity contribution is 0.250. The van der Waals surface area contributed by atoms with Crippen molar-refractivity contribution in [1.82, 2.24) is 4.31 Å². The normalized spacial score (nSPS) is 15.6. The van der Waals surface area contributed by atoms with Crippen LogP contribution in [0.5, 0.6) is 0 Å². The minimum absolute atomic E-state index is 0.0000317. The molecule has 1 fully saturated rings. The molecule has 1 aromatic rings. The third-order valence-electron chi connectivity index (χ3n) is 3.33. The number of thiocarbonyl (C=S) groups is 1. The summed E-state index contributed by atoms with van der Waals surface area (Å²) in [5, 5.41) is 9.09. The second-order valence-electron chi connectivity index (χ2n) is 4.92. The van der Waals surface area contributed by atoms with Gasteiger partial charge in [-0.2, -0.15) is 4.31 Å². The lowest BCUT2D eigenvalue weighted by atomic mass is 10.1. The molecule has 7 heteroatoms. The van der Waals surface area contributed by atoms with E-state index in [2.05, 4.69) is 0 Å². The van der Waals surface area contributed by atoms with Gasteiger partial charge in [-0.3, -0.25) is 0 Å². The van der Waals surface area contributed by atoms with Gasteiger partial charge in [-0.25, -0.2) is 8.42 Å². The van der Waals surface area contributed by atoms with Crippen LogP contribution in [0.3, 0.4) is 0 Å². The highest BCUT2D eigenvalue weighted by atomic mass is 32.2. The van der Waals surface area contributed by atoms with Crippen molar-refractivity contribution in [3.63, 3.8) is 0 Å². The highest BCUT2D eigenvalue weighted by Crippen LogP contribution is 2.32. The Morgan fingerprint density at radius 3 is 2.65 bits per heavy atom. The minimum atomic E-state index is -3.63. The Bertz CT molecular complexity index is 625. The van der Waals surface area contributed by atoms with E-state index in [-0.39, 0.29) is 29.1 Å². The average Bonchev–Trinajstić information content (AvgIpc) is 3.19. The molecule has 0 atom stereocenters. The molecule has 0 aliphatic heterocycles. The van der Waals surface area contributed by atoms with Crippen molar-refractivity contribution in [1.29, 1.82) is 0 Å². The summed E-state index contributed by atoms with van der Waals surface area (Å²) < 4.78 is 26.8. The maximum absolute atomic E-state index is 12.7. The summed E-state index contributed by atoms with van der Waals surface area (Å²) in [4.78, 5) is 0.379. The highest BCUT2D eigenvalue weighted by molar-refractivity contribution is 7.89. The second-order valence-corrected chi connectivity index (χ2v) is 7.21. The number of nitrogens with two attached hydrogens (primary N) is 1. The van der Waals surface area contributed by atoms with Crippen molar-refractivity contribution in [2.24, 2.45) is 5.73 Å². The first-order valence-electron chi connectivity index (χ1n) is 6.41. The molecule has 0 bridgehead atoms. The molecule has 0 aromatic heterocycles. The van der Waals surface area contributed by atoms with Crippen LogP contribution in [0.4, 0.5) is 0 Å². The van der Waals surface area contributed by atoms with Crippen molar-refractivity contribution >= 4 is 27.2 Å².